The van der Waals surface area contributed by atoms with Gasteiger partial charge in [-0.2, -0.15) is 0 Å². The highest BCUT2D eigenvalue weighted by Gasteiger charge is 2.34. The van der Waals surface area contributed by atoms with Gasteiger partial charge in [-0.25, -0.2) is 4.98 Å². The summed E-state index contributed by atoms with van der Waals surface area (Å²) in [5.41, 5.74) is 1.59. The van der Waals surface area contributed by atoms with Crippen LogP contribution >= 0.6 is 11.3 Å². The van der Waals surface area contributed by atoms with E-state index in [-0.39, 0.29) is 24.0 Å². The van der Waals surface area contributed by atoms with E-state index < -0.39 is 6.36 Å². The van der Waals surface area contributed by atoms with Gasteiger partial charge in [0.05, 0.1) is 18.9 Å². The van der Waals surface area contributed by atoms with Crippen LogP contribution in [-0.2, 0) is 9.53 Å². The number of amides is 1. The third-order valence-corrected chi connectivity index (χ3v) is 7.04. The summed E-state index contributed by atoms with van der Waals surface area (Å²) >= 11 is 1.30. The van der Waals surface area contributed by atoms with Crippen molar-refractivity contribution in [2.24, 2.45) is 0 Å². The van der Waals surface area contributed by atoms with Crippen molar-refractivity contribution >= 4 is 22.8 Å². The van der Waals surface area contributed by atoms with Gasteiger partial charge in [0.15, 0.2) is 6.29 Å². The highest BCUT2D eigenvalue weighted by molar-refractivity contribution is 7.11. The van der Waals surface area contributed by atoms with Gasteiger partial charge in [-0.1, -0.05) is 0 Å². The molecule has 13 heteroatoms. The van der Waals surface area contributed by atoms with Crippen LogP contribution in [0, 0.1) is 0 Å². The summed E-state index contributed by atoms with van der Waals surface area (Å²) in [6, 6.07) is 5.66. The number of rotatable bonds is 6. The number of thiazole rings is 1. The summed E-state index contributed by atoms with van der Waals surface area (Å²) in [7, 11) is 0. The normalized spacial score (nSPS) is 23.7. The van der Waals surface area contributed by atoms with Gasteiger partial charge in [0.2, 0.25) is 0 Å². The van der Waals surface area contributed by atoms with Crippen molar-refractivity contribution in [2.45, 2.75) is 31.5 Å². The van der Waals surface area contributed by atoms with Crippen LogP contribution in [0.4, 0.5) is 13.2 Å². The molecule has 36 heavy (non-hydrogen) atoms. The van der Waals surface area contributed by atoms with E-state index in [1.54, 1.807) is 5.38 Å². The lowest BCUT2D eigenvalue weighted by molar-refractivity contribution is -0.274. The van der Waals surface area contributed by atoms with Crippen LogP contribution in [0.3, 0.4) is 0 Å². The number of morpholine rings is 1. The molecule has 1 unspecified atom stereocenters. The zero-order chi connectivity index (χ0) is 25.1. The van der Waals surface area contributed by atoms with Gasteiger partial charge in [-0.3, -0.25) is 9.69 Å². The number of hydrogen-bond donors (Lipinski definition) is 4. The van der Waals surface area contributed by atoms with E-state index in [1.807, 2.05) is 0 Å². The minimum atomic E-state index is -4.75. The van der Waals surface area contributed by atoms with Crippen molar-refractivity contribution in [3.05, 3.63) is 40.5 Å². The van der Waals surface area contributed by atoms with Gasteiger partial charge in [-0.15, -0.1) is 24.5 Å². The zero-order valence-corrected chi connectivity index (χ0v) is 20.2. The zero-order valence-electron chi connectivity index (χ0n) is 19.4. The van der Waals surface area contributed by atoms with Gasteiger partial charge in [0.1, 0.15) is 22.2 Å². The molecule has 1 aromatic carbocycles. The topological polar surface area (TPSA) is 99.8 Å². The maximum atomic E-state index is 13.3. The highest BCUT2D eigenvalue weighted by Crippen LogP contribution is 2.31. The number of nitrogens with one attached hydrogen (secondary N) is 4. The second-order valence-corrected chi connectivity index (χ2v) is 9.57. The predicted molar refractivity (Wildman–Crippen MR) is 128 cm³/mol. The Morgan fingerprint density at radius 2 is 1.94 bits per heavy atom. The Bertz CT molecular complexity index is 1100. The number of benzene rings is 1. The minimum Gasteiger partial charge on any atom is -0.406 e. The number of carbonyl (C=O) groups excluding carboxylic acids is 1. The van der Waals surface area contributed by atoms with Crippen LogP contribution in [0.15, 0.2) is 35.5 Å². The lowest BCUT2D eigenvalue weighted by Crippen LogP contribution is -2.63. The van der Waals surface area contributed by atoms with Crippen LogP contribution in [0.5, 0.6) is 5.75 Å². The van der Waals surface area contributed by atoms with Crippen molar-refractivity contribution in [2.75, 3.05) is 39.4 Å². The van der Waals surface area contributed by atoms with Gasteiger partial charge in [0.25, 0.3) is 5.91 Å². The molecule has 5 rings (SSSR count). The van der Waals surface area contributed by atoms with Crippen molar-refractivity contribution in [1.82, 2.24) is 31.2 Å². The molecule has 4 N–H and O–H groups in total. The first kappa shape index (κ1) is 24.8. The lowest BCUT2D eigenvalue weighted by Gasteiger charge is -2.40. The van der Waals surface area contributed by atoms with Gasteiger partial charge in [0, 0.05) is 36.6 Å². The number of nitrogens with zero attached hydrogens (tertiary/aromatic N) is 2. The summed E-state index contributed by atoms with van der Waals surface area (Å²) in [6.45, 7) is 4.35. The number of aromatic nitrogens is 1. The Hall–Kier alpha value is -2.87. The van der Waals surface area contributed by atoms with E-state index >= 15 is 0 Å². The first-order chi connectivity index (χ1) is 17.4. The highest BCUT2D eigenvalue weighted by atomic mass is 32.1. The minimum absolute atomic E-state index is 0.160. The number of halogens is 3. The fraction of sp³-hybridized carbons (Fsp3) is 0.478. The van der Waals surface area contributed by atoms with Crippen LogP contribution < -0.4 is 26.0 Å². The molecule has 2 fully saturated rings. The van der Waals surface area contributed by atoms with E-state index in [9.17, 15) is 18.0 Å². The molecule has 2 aromatic rings. The van der Waals surface area contributed by atoms with Gasteiger partial charge < -0.3 is 30.7 Å². The van der Waals surface area contributed by atoms with Crippen LogP contribution in [-0.4, -0.2) is 73.9 Å². The number of alkyl halides is 3. The molecule has 2 atom stereocenters. The molecule has 3 aliphatic heterocycles. The van der Waals surface area contributed by atoms with Gasteiger partial charge in [-0.05, 0) is 43.7 Å². The molecular weight excluding hydrogens is 497 g/mol. The maximum Gasteiger partial charge on any atom is 0.573 e. The summed E-state index contributed by atoms with van der Waals surface area (Å²) in [6.07, 6.45) is -3.11. The maximum absolute atomic E-state index is 13.3. The SMILES string of the molecule is O=C1NC(N2CCOCC2)NC(N[C@@H]2CCCNC2)=C1c1nc(-c2ccc(OC(F)(F)F)cc2)cs1. The van der Waals surface area contributed by atoms with Crippen LogP contribution in [0.25, 0.3) is 16.8 Å². The molecule has 0 bridgehead atoms. The van der Waals surface area contributed by atoms with Crippen molar-refractivity contribution in [3.8, 4) is 17.0 Å². The third kappa shape index (κ3) is 5.91. The van der Waals surface area contributed by atoms with E-state index in [1.165, 1.54) is 35.6 Å². The quantitative estimate of drug-likeness (QED) is 0.456. The average Bonchev–Trinajstić information content (AvgIpc) is 3.34. The van der Waals surface area contributed by atoms with E-state index in [4.69, 9.17) is 4.74 Å². The first-order valence-electron chi connectivity index (χ1n) is 11.8. The average molecular weight is 525 g/mol. The number of carbonyl (C=O) groups is 1. The summed E-state index contributed by atoms with van der Waals surface area (Å²) < 4.78 is 46.8. The summed E-state index contributed by atoms with van der Waals surface area (Å²) in [5.74, 6) is 0.0760. The molecule has 194 valence electrons. The standard InChI is InChI=1S/C23H27F3N6O3S/c24-23(25,26)35-16-5-3-14(4-6-16)17-13-36-21(29-17)18-19(28-15-2-1-7-27-12-15)30-22(31-20(18)33)32-8-10-34-11-9-32/h3-6,13,15,22,27-28,30H,1-2,7-12H2,(H,31,33)/t15-,22?/m1/s1. The molecule has 0 spiro atoms. The number of hydrogen-bond acceptors (Lipinski definition) is 9. The molecule has 1 aromatic heterocycles. The van der Waals surface area contributed by atoms with Crippen LogP contribution in [0.1, 0.15) is 17.8 Å². The predicted octanol–water partition coefficient (Wildman–Crippen LogP) is 2.05. The van der Waals surface area contributed by atoms with E-state index in [2.05, 4.69) is 35.9 Å². The third-order valence-electron chi connectivity index (χ3n) is 6.18. The Morgan fingerprint density at radius 3 is 2.64 bits per heavy atom. The van der Waals surface area contributed by atoms with Crippen molar-refractivity contribution in [3.63, 3.8) is 0 Å². The van der Waals surface area contributed by atoms with Gasteiger partial charge >= 0.3 is 6.36 Å². The molecule has 0 aliphatic carbocycles. The molecule has 0 saturated carbocycles. The molecule has 1 amide bonds. The number of ether oxygens (including phenoxy) is 2. The summed E-state index contributed by atoms with van der Waals surface area (Å²) in [4.78, 5) is 20.1. The second kappa shape index (κ2) is 10.6. The van der Waals surface area contributed by atoms with Crippen molar-refractivity contribution < 1.29 is 27.4 Å². The molecule has 4 heterocycles. The fourth-order valence-electron chi connectivity index (χ4n) is 4.42. The Labute approximate surface area is 210 Å². The van der Waals surface area contributed by atoms with Crippen molar-refractivity contribution in [1.29, 1.82) is 0 Å². The lowest BCUT2D eigenvalue weighted by atomic mass is 10.1. The molecular formula is C23H27F3N6O3S. The Kier molecular flexibility index (Phi) is 7.32. The smallest absolute Gasteiger partial charge is 0.406 e. The molecule has 9 nitrogen and oxygen atoms in total. The second-order valence-electron chi connectivity index (χ2n) is 8.72. The molecule has 2 saturated heterocycles. The molecule has 0 radical (unpaired) electrons. The fourth-order valence-corrected chi connectivity index (χ4v) is 5.29. The molecule has 3 aliphatic rings. The monoisotopic (exact) mass is 524 g/mol. The van der Waals surface area contributed by atoms with E-state index in [0.29, 0.717) is 54.0 Å². The Balaban J connectivity index is 1.41. The number of piperidine rings is 1. The van der Waals surface area contributed by atoms with E-state index in [0.717, 1.165) is 25.9 Å². The Morgan fingerprint density at radius 1 is 1.17 bits per heavy atom. The first-order valence-corrected chi connectivity index (χ1v) is 12.7. The summed E-state index contributed by atoms with van der Waals surface area (Å²) in [5, 5.41) is 15.7. The largest absolute Gasteiger partial charge is 0.573 e. The van der Waals surface area contributed by atoms with Crippen LogP contribution in [0.2, 0.25) is 0 Å².